The number of rotatable bonds is 4. The third-order valence-electron chi connectivity index (χ3n) is 1.95. The summed E-state index contributed by atoms with van der Waals surface area (Å²) < 4.78 is 14.2. The second-order valence-electron chi connectivity index (χ2n) is 4.95. The molecule has 0 radical (unpaired) electrons. The molecule has 118 valence electrons. The summed E-state index contributed by atoms with van der Waals surface area (Å²) in [4.78, 5) is 34.2. The van der Waals surface area contributed by atoms with E-state index < -0.39 is 29.7 Å². The summed E-state index contributed by atoms with van der Waals surface area (Å²) >= 11 is 0. The molecule has 1 amide bonds. The molecule has 0 aliphatic carbocycles. The molecule has 0 aromatic heterocycles. The van der Waals surface area contributed by atoms with E-state index in [2.05, 4.69) is 26.6 Å². The summed E-state index contributed by atoms with van der Waals surface area (Å²) in [5, 5.41) is 2.34. The minimum atomic E-state index is -1.02. The number of hydrogen-bond acceptors (Lipinski definition) is 6. The van der Waals surface area contributed by atoms with Crippen LogP contribution in [0.25, 0.3) is 0 Å². The maximum Gasteiger partial charge on any atom is 0.408 e. The van der Waals surface area contributed by atoms with Crippen LogP contribution < -0.4 is 5.32 Å². The van der Waals surface area contributed by atoms with Crippen LogP contribution in [0, 0.1) is 11.8 Å². The number of ether oxygens (including phenoxy) is 3. The monoisotopic (exact) mass is 299 g/mol. The summed E-state index contributed by atoms with van der Waals surface area (Å²) in [6.07, 6.45) is -0.860. The van der Waals surface area contributed by atoms with E-state index in [1.165, 1.54) is 7.11 Å². The molecule has 0 aromatic carbocycles. The van der Waals surface area contributed by atoms with Crippen LogP contribution in [0.3, 0.4) is 0 Å². The number of alkyl carbamates (subject to hydrolysis) is 1. The van der Waals surface area contributed by atoms with Crippen molar-refractivity contribution in [2.45, 2.75) is 45.8 Å². The number of carbonyl (C=O) groups is 3. The average Bonchev–Trinajstić information content (AvgIpc) is 2.34. The van der Waals surface area contributed by atoms with Gasteiger partial charge >= 0.3 is 18.0 Å². The van der Waals surface area contributed by atoms with Gasteiger partial charge in [-0.05, 0) is 27.7 Å². The van der Waals surface area contributed by atoms with Crippen LogP contribution in [0.4, 0.5) is 4.79 Å². The zero-order valence-electron chi connectivity index (χ0n) is 12.9. The highest BCUT2D eigenvalue weighted by molar-refractivity contribution is 5.88. The number of amides is 1. The van der Waals surface area contributed by atoms with Gasteiger partial charge in [-0.3, -0.25) is 0 Å². The SMILES string of the molecule is CCOC(=O)C#CC[C@H](NC(=O)OC(C)(C)C)C(=O)OC. The molecule has 0 aromatic rings. The highest BCUT2D eigenvalue weighted by Gasteiger charge is 2.24. The fourth-order valence-corrected chi connectivity index (χ4v) is 1.18. The molecule has 1 atom stereocenters. The Bertz CT molecular complexity index is 441. The van der Waals surface area contributed by atoms with Crippen molar-refractivity contribution in [2.24, 2.45) is 0 Å². The molecule has 0 saturated carbocycles. The fourth-order valence-electron chi connectivity index (χ4n) is 1.18. The average molecular weight is 299 g/mol. The molecule has 0 unspecified atom stereocenters. The van der Waals surface area contributed by atoms with E-state index in [4.69, 9.17) is 4.74 Å². The van der Waals surface area contributed by atoms with Gasteiger partial charge in [-0.1, -0.05) is 5.92 Å². The predicted octanol–water partition coefficient (Wildman–Crippen LogP) is 1.01. The topological polar surface area (TPSA) is 90.9 Å². The lowest BCUT2D eigenvalue weighted by Crippen LogP contribution is -2.43. The van der Waals surface area contributed by atoms with Gasteiger partial charge in [0.15, 0.2) is 0 Å². The molecule has 7 heteroatoms. The molecule has 0 saturated heterocycles. The maximum atomic E-state index is 11.6. The van der Waals surface area contributed by atoms with Crippen molar-refractivity contribution in [3.63, 3.8) is 0 Å². The Morgan fingerprint density at radius 2 is 1.86 bits per heavy atom. The molecule has 7 nitrogen and oxygen atoms in total. The van der Waals surface area contributed by atoms with Gasteiger partial charge in [-0.15, -0.1) is 0 Å². The van der Waals surface area contributed by atoms with E-state index in [1.54, 1.807) is 27.7 Å². The van der Waals surface area contributed by atoms with E-state index >= 15 is 0 Å². The normalized spacial score (nSPS) is 11.5. The zero-order chi connectivity index (χ0) is 16.5. The van der Waals surface area contributed by atoms with E-state index in [9.17, 15) is 14.4 Å². The Morgan fingerprint density at radius 1 is 1.24 bits per heavy atom. The lowest BCUT2D eigenvalue weighted by atomic mass is 10.2. The Labute approximate surface area is 124 Å². The summed E-state index contributed by atoms with van der Waals surface area (Å²) in [6.45, 7) is 6.95. The van der Waals surface area contributed by atoms with Crippen molar-refractivity contribution >= 4 is 18.0 Å². The van der Waals surface area contributed by atoms with Crippen molar-refractivity contribution in [3.8, 4) is 11.8 Å². The van der Waals surface area contributed by atoms with Crippen molar-refractivity contribution < 1.29 is 28.6 Å². The molecule has 21 heavy (non-hydrogen) atoms. The Morgan fingerprint density at radius 3 is 2.33 bits per heavy atom. The van der Waals surface area contributed by atoms with Crippen LogP contribution in [0.5, 0.6) is 0 Å². The van der Waals surface area contributed by atoms with E-state index in [1.807, 2.05) is 0 Å². The molecule has 0 spiro atoms. The second-order valence-corrected chi connectivity index (χ2v) is 4.95. The Balaban J connectivity index is 4.64. The summed E-state index contributed by atoms with van der Waals surface area (Å²) in [5.74, 6) is 3.28. The first-order valence-electron chi connectivity index (χ1n) is 6.42. The van der Waals surface area contributed by atoms with Gasteiger partial charge in [0.1, 0.15) is 11.6 Å². The number of hydrogen-bond donors (Lipinski definition) is 1. The smallest absolute Gasteiger partial charge is 0.408 e. The van der Waals surface area contributed by atoms with Crippen LogP contribution in [0.2, 0.25) is 0 Å². The predicted molar refractivity (Wildman–Crippen MR) is 74.2 cm³/mol. The third-order valence-corrected chi connectivity index (χ3v) is 1.95. The minimum absolute atomic E-state index is 0.0925. The Hall–Kier alpha value is -2.23. The summed E-state index contributed by atoms with van der Waals surface area (Å²) in [5.41, 5.74) is -0.693. The van der Waals surface area contributed by atoms with Gasteiger partial charge < -0.3 is 19.5 Å². The fraction of sp³-hybridized carbons (Fsp3) is 0.643. The number of methoxy groups -OCH3 is 1. The summed E-state index contributed by atoms with van der Waals surface area (Å²) in [7, 11) is 1.19. The molecular weight excluding hydrogens is 278 g/mol. The van der Waals surface area contributed by atoms with Crippen molar-refractivity contribution in [1.82, 2.24) is 5.32 Å². The van der Waals surface area contributed by atoms with Crippen molar-refractivity contribution in [1.29, 1.82) is 0 Å². The van der Waals surface area contributed by atoms with Crippen LogP contribution in [-0.2, 0) is 23.8 Å². The van der Waals surface area contributed by atoms with Gasteiger partial charge in [-0.25, -0.2) is 14.4 Å². The molecule has 0 aliphatic rings. The first-order chi connectivity index (χ1) is 9.69. The molecule has 1 N–H and O–H groups in total. The van der Waals surface area contributed by atoms with Crippen LogP contribution >= 0.6 is 0 Å². The third kappa shape index (κ3) is 9.32. The maximum absolute atomic E-state index is 11.6. The van der Waals surface area contributed by atoms with E-state index in [-0.39, 0.29) is 13.0 Å². The molecular formula is C14H21NO6. The van der Waals surface area contributed by atoms with E-state index in [0.29, 0.717) is 0 Å². The van der Waals surface area contributed by atoms with Gasteiger partial charge in [-0.2, -0.15) is 0 Å². The first-order valence-corrected chi connectivity index (χ1v) is 6.42. The molecule has 0 aliphatic heterocycles. The first kappa shape index (κ1) is 18.8. The highest BCUT2D eigenvalue weighted by Crippen LogP contribution is 2.07. The standard InChI is InChI=1S/C14H21NO6/c1-6-20-11(16)9-7-8-10(12(17)19-5)15-13(18)21-14(2,3)4/h10H,6,8H2,1-5H3,(H,15,18)/t10-/m0/s1. The van der Waals surface area contributed by atoms with Crippen LogP contribution in [0.15, 0.2) is 0 Å². The quantitative estimate of drug-likeness (QED) is 0.360. The van der Waals surface area contributed by atoms with Gasteiger partial charge in [0.2, 0.25) is 0 Å². The largest absolute Gasteiger partial charge is 0.467 e. The summed E-state index contributed by atoms with van der Waals surface area (Å²) in [6, 6.07) is -1.02. The highest BCUT2D eigenvalue weighted by atomic mass is 16.6. The van der Waals surface area contributed by atoms with Crippen molar-refractivity contribution in [3.05, 3.63) is 0 Å². The van der Waals surface area contributed by atoms with Gasteiger partial charge in [0.05, 0.1) is 13.7 Å². The molecule has 0 bridgehead atoms. The Kier molecular flexibility index (Phi) is 7.91. The molecule has 0 fully saturated rings. The van der Waals surface area contributed by atoms with Gasteiger partial charge in [0.25, 0.3) is 0 Å². The molecule has 0 heterocycles. The number of carbonyl (C=O) groups excluding carboxylic acids is 3. The number of nitrogens with one attached hydrogen (secondary N) is 1. The lowest BCUT2D eigenvalue weighted by Gasteiger charge is -2.21. The lowest BCUT2D eigenvalue weighted by molar-refractivity contribution is -0.143. The second kappa shape index (κ2) is 8.84. The van der Waals surface area contributed by atoms with Crippen molar-refractivity contribution in [2.75, 3.05) is 13.7 Å². The zero-order valence-corrected chi connectivity index (χ0v) is 12.9. The number of esters is 2. The minimum Gasteiger partial charge on any atom is -0.467 e. The van der Waals surface area contributed by atoms with E-state index in [0.717, 1.165) is 0 Å². The van der Waals surface area contributed by atoms with Crippen LogP contribution in [0.1, 0.15) is 34.1 Å². The molecule has 0 rings (SSSR count). The van der Waals surface area contributed by atoms with Crippen LogP contribution in [-0.4, -0.2) is 43.4 Å². The van der Waals surface area contributed by atoms with Gasteiger partial charge in [0, 0.05) is 12.3 Å².